The van der Waals surface area contributed by atoms with Gasteiger partial charge in [-0.1, -0.05) is 6.42 Å². The normalized spacial score (nSPS) is 19.9. The standard InChI is InChI=1S/C16H25N5O/c1-11-14(19-15(22)13-5-4-6-13)12(2)18-16(17-11)21-9-7-20(3)8-10-21/h13H,4-10H2,1-3H3,(H,19,22). The van der Waals surface area contributed by atoms with Crippen LogP contribution in [0.5, 0.6) is 0 Å². The fourth-order valence-electron chi connectivity index (χ4n) is 2.92. The summed E-state index contributed by atoms with van der Waals surface area (Å²) in [5.41, 5.74) is 2.50. The number of rotatable bonds is 3. The average Bonchev–Trinajstić information content (AvgIpc) is 2.41. The van der Waals surface area contributed by atoms with E-state index in [0.29, 0.717) is 0 Å². The molecule has 1 saturated carbocycles. The van der Waals surface area contributed by atoms with Crippen LogP contribution < -0.4 is 10.2 Å². The molecule has 3 rings (SSSR count). The van der Waals surface area contributed by atoms with Crippen LogP contribution in [0, 0.1) is 19.8 Å². The number of nitrogens with zero attached hydrogens (tertiary/aromatic N) is 4. The number of carbonyl (C=O) groups excluding carboxylic acids is 1. The van der Waals surface area contributed by atoms with Gasteiger partial charge in [-0.25, -0.2) is 9.97 Å². The Morgan fingerprint density at radius 2 is 1.68 bits per heavy atom. The molecule has 0 bridgehead atoms. The molecule has 120 valence electrons. The first-order valence-corrected chi connectivity index (χ1v) is 8.14. The number of carbonyl (C=O) groups is 1. The molecule has 1 aliphatic heterocycles. The smallest absolute Gasteiger partial charge is 0.227 e. The molecule has 1 aliphatic carbocycles. The Labute approximate surface area is 131 Å². The van der Waals surface area contributed by atoms with Gasteiger partial charge in [0, 0.05) is 32.1 Å². The number of likely N-dealkylation sites (N-methyl/N-ethyl adjacent to an activating group) is 1. The van der Waals surface area contributed by atoms with Crippen LogP contribution in [-0.4, -0.2) is 54.0 Å². The van der Waals surface area contributed by atoms with Gasteiger partial charge < -0.3 is 15.1 Å². The molecule has 1 saturated heterocycles. The molecular weight excluding hydrogens is 278 g/mol. The number of anilines is 2. The molecule has 1 aromatic rings. The summed E-state index contributed by atoms with van der Waals surface area (Å²) in [5, 5.41) is 3.03. The van der Waals surface area contributed by atoms with E-state index < -0.39 is 0 Å². The van der Waals surface area contributed by atoms with Crippen molar-refractivity contribution in [1.82, 2.24) is 14.9 Å². The summed E-state index contributed by atoms with van der Waals surface area (Å²) in [7, 11) is 2.13. The summed E-state index contributed by atoms with van der Waals surface area (Å²) in [6, 6.07) is 0. The number of amides is 1. The van der Waals surface area contributed by atoms with Crippen LogP contribution in [0.15, 0.2) is 0 Å². The third-order valence-corrected chi connectivity index (χ3v) is 4.77. The van der Waals surface area contributed by atoms with Gasteiger partial charge >= 0.3 is 0 Å². The van der Waals surface area contributed by atoms with Gasteiger partial charge in [-0.05, 0) is 33.7 Å². The lowest BCUT2D eigenvalue weighted by Gasteiger charge is -2.33. The van der Waals surface area contributed by atoms with Crippen LogP contribution in [-0.2, 0) is 4.79 Å². The molecule has 0 spiro atoms. The first kappa shape index (κ1) is 15.2. The molecule has 2 fully saturated rings. The number of piperazine rings is 1. The molecule has 0 unspecified atom stereocenters. The highest BCUT2D eigenvalue weighted by atomic mass is 16.1. The molecule has 0 radical (unpaired) electrons. The molecule has 2 heterocycles. The Hall–Kier alpha value is -1.69. The molecule has 1 amide bonds. The Bertz CT molecular complexity index is 539. The van der Waals surface area contributed by atoms with E-state index in [1.807, 2.05) is 13.8 Å². The SMILES string of the molecule is Cc1nc(N2CCN(C)CC2)nc(C)c1NC(=O)C1CCC1. The molecule has 6 nitrogen and oxygen atoms in total. The minimum atomic E-state index is 0.119. The second-order valence-electron chi connectivity index (χ2n) is 6.48. The minimum absolute atomic E-state index is 0.119. The van der Waals surface area contributed by atoms with Gasteiger partial charge in [0.1, 0.15) is 0 Å². The summed E-state index contributed by atoms with van der Waals surface area (Å²) in [6.45, 7) is 7.85. The van der Waals surface area contributed by atoms with Gasteiger partial charge in [0.2, 0.25) is 11.9 Å². The first-order chi connectivity index (χ1) is 10.5. The number of nitrogens with one attached hydrogen (secondary N) is 1. The monoisotopic (exact) mass is 303 g/mol. The van der Waals surface area contributed by atoms with Gasteiger partial charge in [-0.15, -0.1) is 0 Å². The van der Waals surface area contributed by atoms with Crippen molar-refractivity contribution in [3.63, 3.8) is 0 Å². The van der Waals surface area contributed by atoms with Crippen molar-refractivity contribution in [1.29, 1.82) is 0 Å². The highest BCUT2D eigenvalue weighted by Gasteiger charge is 2.26. The van der Waals surface area contributed by atoms with Crippen LogP contribution in [0.25, 0.3) is 0 Å². The van der Waals surface area contributed by atoms with Crippen molar-refractivity contribution in [3.8, 4) is 0 Å². The van der Waals surface area contributed by atoms with Crippen molar-refractivity contribution in [2.75, 3.05) is 43.4 Å². The Morgan fingerprint density at radius 1 is 1.09 bits per heavy atom. The molecule has 0 aromatic carbocycles. The maximum Gasteiger partial charge on any atom is 0.227 e. The Kier molecular flexibility index (Phi) is 4.29. The number of hydrogen-bond donors (Lipinski definition) is 1. The van der Waals surface area contributed by atoms with Crippen molar-refractivity contribution >= 4 is 17.5 Å². The zero-order valence-electron chi connectivity index (χ0n) is 13.7. The quantitative estimate of drug-likeness (QED) is 0.918. The lowest BCUT2D eigenvalue weighted by atomic mass is 9.85. The van der Waals surface area contributed by atoms with E-state index in [0.717, 1.165) is 68.5 Å². The van der Waals surface area contributed by atoms with Crippen LogP contribution in [0.3, 0.4) is 0 Å². The Morgan fingerprint density at radius 3 is 2.18 bits per heavy atom. The zero-order valence-corrected chi connectivity index (χ0v) is 13.7. The van der Waals surface area contributed by atoms with Gasteiger partial charge in [-0.2, -0.15) is 0 Å². The van der Waals surface area contributed by atoms with Crippen LogP contribution >= 0.6 is 0 Å². The maximum atomic E-state index is 12.1. The highest BCUT2D eigenvalue weighted by molar-refractivity contribution is 5.94. The predicted molar refractivity (Wildman–Crippen MR) is 87.2 cm³/mol. The van der Waals surface area contributed by atoms with Gasteiger partial charge in [0.05, 0.1) is 17.1 Å². The third kappa shape index (κ3) is 3.06. The highest BCUT2D eigenvalue weighted by Crippen LogP contribution is 2.29. The molecule has 2 aliphatic rings. The molecule has 1 N–H and O–H groups in total. The van der Waals surface area contributed by atoms with E-state index in [9.17, 15) is 4.79 Å². The summed E-state index contributed by atoms with van der Waals surface area (Å²) < 4.78 is 0. The van der Waals surface area contributed by atoms with E-state index in [-0.39, 0.29) is 11.8 Å². The first-order valence-electron chi connectivity index (χ1n) is 8.14. The maximum absolute atomic E-state index is 12.1. The van der Waals surface area contributed by atoms with Gasteiger partial charge in [-0.3, -0.25) is 4.79 Å². The van der Waals surface area contributed by atoms with Crippen LogP contribution in [0.2, 0.25) is 0 Å². The van der Waals surface area contributed by atoms with E-state index in [2.05, 4.69) is 32.1 Å². The van der Waals surface area contributed by atoms with E-state index in [1.54, 1.807) is 0 Å². The summed E-state index contributed by atoms with van der Waals surface area (Å²) >= 11 is 0. The topological polar surface area (TPSA) is 61.4 Å². The lowest BCUT2D eigenvalue weighted by Crippen LogP contribution is -2.45. The minimum Gasteiger partial charge on any atom is -0.338 e. The van der Waals surface area contributed by atoms with Gasteiger partial charge in [0.25, 0.3) is 0 Å². The molecular formula is C16H25N5O. The largest absolute Gasteiger partial charge is 0.338 e. The van der Waals surface area contributed by atoms with Crippen LogP contribution in [0.1, 0.15) is 30.7 Å². The van der Waals surface area contributed by atoms with Crippen molar-refractivity contribution < 1.29 is 4.79 Å². The second-order valence-corrected chi connectivity index (χ2v) is 6.48. The summed E-state index contributed by atoms with van der Waals surface area (Å²) in [4.78, 5) is 25.9. The predicted octanol–water partition coefficient (Wildman–Crippen LogP) is 1.58. The number of hydrogen-bond acceptors (Lipinski definition) is 5. The van der Waals surface area contributed by atoms with Crippen molar-refractivity contribution in [2.45, 2.75) is 33.1 Å². The number of aromatic nitrogens is 2. The molecule has 1 aromatic heterocycles. The summed E-state index contributed by atoms with van der Waals surface area (Å²) in [6.07, 6.45) is 3.17. The fraction of sp³-hybridized carbons (Fsp3) is 0.688. The van der Waals surface area contributed by atoms with Crippen LogP contribution in [0.4, 0.5) is 11.6 Å². The fourth-order valence-corrected chi connectivity index (χ4v) is 2.92. The molecule has 0 atom stereocenters. The molecule has 22 heavy (non-hydrogen) atoms. The summed E-state index contributed by atoms with van der Waals surface area (Å²) in [5.74, 6) is 1.08. The van der Waals surface area contributed by atoms with E-state index in [1.165, 1.54) is 0 Å². The van der Waals surface area contributed by atoms with E-state index >= 15 is 0 Å². The molecule has 6 heteroatoms. The van der Waals surface area contributed by atoms with E-state index in [4.69, 9.17) is 0 Å². The Balaban J connectivity index is 1.74. The zero-order chi connectivity index (χ0) is 15.7. The third-order valence-electron chi connectivity index (χ3n) is 4.77. The van der Waals surface area contributed by atoms with Crippen molar-refractivity contribution in [2.24, 2.45) is 5.92 Å². The number of aryl methyl sites for hydroxylation is 2. The van der Waals surface area contributed by atoms with Gasteiger partial charge in [0.15, 0.2) is 0 Å². The lowest BCUT2D eigenvalue weighted by molar-refractivity contribution is -0.122. The average molecular weight is 303 g/mol. The van der Waals surface area contributed by atoms with Crippen molar-refractivity contribution in [3.05, 3.63) is 11.4 Å². The second kappa shape index (κ2) is 6.20.